The third-order valence-electron chi connectivity index (χ3n) is 2.89. The van der Waals surface area contributed by atoms with Gasteiger partial charge in [-0.05, 0) is 32.4 Å². The van der Waals surface area contributed by atoms with Crippen molar-refractivity contribution in [3.63, 3.8) is 0 Å². The first-order valence-corrected chi connectivity index (χ1v) is 8.34. The maximum Gasteiger partial charge on any atom is 0.242 e. The predicted octanol–water partition coefficient (Wildman–Crippen LogP) is 2.33. The van der Waals surface area contributed by atoms with E-state index in [2.05, 4.69) is 17.6 Å². The molecule has 0 fully saturated rings. The van der Waals surface area contributed by atoms with Crippen molar-refractivity contribution in [2.75, 3.05) is 11.5 Å². The summed E-state index contributed by atoms with van der Waals surface area (Å²) in [5.74, 6) is 1.77. The molecular formula is C14H28N2O2S. The molecule has 5 heteroatoms. The number of carbonyl (C=O) groups excluding carboxylic acids is 2. The van der Waals surface area contributed by atoms with Crippen LogP contribution >= 0.6 is 11.8 Å². The molecule has 0 aliphatic heterocycles. The van der Waals surface area contributed by atoms with E-state index < -0.39 is 6.04 Å². The molecule has 0 radical (unpaired) electrons. The van der Waals surface area contributed by atoms with Crippen LogP contribution in [0.15, 0.2) is 0 Å². The summed E-state index contributed by atoms with van der Waals surface area (Å²) in [6.45, 7) is 7.85. The van der Waals surface area contributed by atoms with Crippen molar-refractivity contribution in [3.05, 3.63) is 0 Å². The van der Waals surface area contributed by atoms with Gasteiger partial charge in [-0.15, -0.1) is 0 Å². The Labute approximate surface area is 121 Å². The standard InChI is InChI=1S/C14H28N2O2S/c1-5-7-9-19-10-8-13(17)16-12(4)14(18)15-11(3)6-2/h11-12H,5-10H2,1-4H3,(H,15,18)(H,16,17). The second-order valence-electron chi connectivity index (χ2n) is 4.82. The van der Waals surface area contributed by atoms with Crippen molar-refractivity contribution in [2.45, 2.75) is 65.5 Å². The average molecular weight is 288 g/mol. The molecule has 0 heterocycles. The molecule has 2 atom stereocenters. The maximum atomic E-state index is 11.7. The van der Waals surface area contributed by atoms with Gasteiger partial charge < -0.3 is 10.6 Å². The number of carbonyl (C=O) groups is 2. The fourth-order valence-electron chi connectivity index (χ4n) is 1.36. The largest absolute Gasteiger partial charge is 0.352 e. The maximum absolute atomic E-state index is 11.7. The number of hydrogen-bond donors (Lipinski definition) is 2. The average Bonchev–Trinajstić information content (AvgIpc) is 2.38. The summed E-state index contributed by atoms with van der Waals surface area (Å²) in [5, 5.41) is 5.60. The third kappa shape index (κ3) is 9.82. The second kappa shape index (κ2) is 11.1. The monoisotopic (exact) mass is 288 g/mol. The number of amides is 2. The highest BCUT2D eigenvalue weighted by molar-refractivity contribution is 7.99. The zero-order valence-corrected chi connectivity index (χ0v) is 13.4. The topological polar surface area (TPSA) is 58.2 Å². The first-order chi connectivity index (χ1) is 9.01. The van der Waals surface area contributed by atoms with E-state index in [9.17, 15) is 9.59 Å². The van der Waals surface area contributed by atoms with Gasteiger partial charge in [-0.2, -0.15) is 11.8 Å². The summed E-state index contributed by atoms with van der Waals surface area (Å²) in [4.78, 5) is 23.4. The van der Waals surface area contributed by atoms with Crippen molar-refractivity contribution in [3.8, 4) is 0 Å². The van der Waals surface area contributed by atoms with E-state index in [0.29, 0.717) is 6.42 Å². The lowest BCUT2D eigenvalue weighted by molar-refractivity contribution is -0.128. The summed E-state index contributed by atoms with van der Waals surface area (Å²) < 4.78 is 0. The van der Waals surface area contributed by atoms with Crippen LogP contribution in [0.4, 0.5) is 0 Å². The molecule has 4 nitrogen and oxygen atoms in total. The molecule has 0 bridgehead atoms. The SMILES string of the molecule is CCCCSCCC(=O)NC(C)C(=O)NC(C)CC. The molecule has 2 amide bonds. The van der Waals surface area contributed by atoms with Crippen molar-refractivity contribution < 1.29 is 9.59 Å². The molecule has 0 rings (SSSR count). The normalized spacial score (nSPS) is 13.7. The molecule has 0 aliphatic carbocycles. The Bertz CT molecular complexity index is 272. The van der Waals surface area contributed by atoms with Gasteiger partial charge in [-0.1, -0.05) is 20.3 Å². The minimum Gasteiger partial charge on any atom is -0.352 e. The number of rotatable bonds is 10. The van der Waals surface area contributed by atoms with Gasteiger partial charge in [0.25, 0.3) is 0 Å². The molecule has 19 heavy (non-hydrogen) atoms. The Kier molecular flexibility index (Phi) is 10.7. The van der Waals surface area contributed by atoms with Crippen LogP contribution in [0.25, 0.3) is 0 Å². The van der Waals surface area contributed by atoms with Crippen molar-refractivity contribution in [1.82, 2.24) is 10.6 Å². The van der Waals surface area contributed by atoms with Gasteiger partial charge in [-0.3, -0.25) is 9.59 Å². The van der Waals surface area contributed by atoms with Gasteiger partial charge in [0, 0.05) is 18.2 Å². The van der Waals surface area contributed by atoms with Crippen LogP contribution in [0.1, 0.15) is 53.4 Å². The zero-order valence-electron chi connectivity index (χ0n) is 12.6. The first-order valence-electron chi connectivity index (χ1n) is 7.18. The fourth-order valence-corrected chi connectivity index (χ4v) is 2.39. The van der Waals surface area contributed by atoms with Gasteiger partial charge in [-0.25, -0.2) is 0 Å². The van der Waals surface area contributed by atoms with E-state index >= 15 is 0 Å². The van der Waals surface area contributed by atoms with E-state index in [1.807, 2.05) is 13.8 Å². The number of nitrogens with one attached hydrogen (secondary N) is 2. The van der Waals surface area contributed by atoms with E-state index in [4.69, 9.17) is 0 Å². The third-order valence-corrected chi connectivity index (χ3v) is 3.96. The Hall–Kier alpha value is -0.710. The lowest BCUT2D eigenvalue weighted by Gasteiger charge is -2.17. The Morgan fingerprint density at radius 1 is 1.11 bits per heavy atom. The van der Waals surface area contributed by atoms with E-state index in [0.717, 1.165) is 17.9 Å². The van der Waals surface area contributed by atoms with Crippen LogP contribution < -0.4 is 10.6 Å². The molecular weight excluding hydrogens is 260 g/mol. The summed E-state index contributed by atoms with van der Waals surface area (Å²) in [5.41, 5.74) is 0. The smallest absolute Gasteiger partial charge is 0.242 e. The van der Waals surface area contributed by atoms with Crippen LogP contribution in [-0.2, 0) is 9.59 Å². The van der Waals surface area contributed by atoms with Crippen LogP contribution in [0, 0.1) is 0 Å². The van der Waals surface area contributed by atoms with Gasteiger partial charge in [0.15, 0.2) is 0 Å². The Balaban J connectivity index is 3.76. The van der Waals surface area contributed by atoms with Crippen molar-refractivity contribution >= 4 is 23.6 Å². The summed E-state index contributed by atoms with van der Waals surface area (Å²) in [7, 11) is 0. The quantitative estimate of drug-likeness (QED) is 0.607. The van der Waals surface area contributed by atoms with Gasteiger partial charge in [0.1, 0.15) is 6.04 Å². The fraction of sp³-hybridized carbons (Fsp3) is 0.857. The Morgan fingerprint density at radius 3 is 2.37 bits per heavy atom. The summed E-state index contributed by atoms with van der Waals surface area (Å²) in [6, 6.07) is -0.307. The van der Waals surface area contributed by atoms with Gasteiger partial charge in [0.2, 0.25) is 11.8 Å². The van der Waals surface area contributed by atoms with Gasteiger partial charge in [0.05, 0.1) is 0 Å². The molecule has 0 aliphatic rings. The minimum atomic E-state index is -0.456. The molecule has 2 unspecified atom stereocenters. The molecule has 0 saturated heterocycles. The molecule has 0 saturated carbocycles. The minimum absolute atomic E-state index is 0.0456. The summed E-state index contributed by atoms with van der Waals surface area (Å²) in [6.07, 6.45) is 3.75. The second-order valence-corrected chi connectivity index (χ2v) is 6.05. The first kappa shape index (κ1) is 18.3. The molecule has 0 aromatic heterocycles. The van der Waals surface area contributed by atoms with Crippen LogP contribution in [0.5, 0.6) is 0 Å². The number of unbranched alkanes of at least 4 members (excludes halogenated alkanes) is 1. The van der Waals surface area contributed by atoms with Crippen molar-refractivity contribution in [2.24, 2.45) is 0 Å². The Morgan fingerprint density at radius 2 is 1.79 bits per heavy atom. The lowest BCUT2D eigenvalue weighted by Crippen LogP contribution is -2.47. The van der Waals surface area contributed by atoms with E-state index in [1.54, 1.807) is 18.7 Å². The highest BCUT2D eigenvalue weighted by atomic mass is 32.2. The van der Waals surface area contributed by atoms with Crippen LogP contribution in [0.2, 0.25) is 0 Å². The van der Waals surface area contributed by atoms with Crippen molar-refractivity contribution in [1.29, 1.82) is 0 Å². The zero-order chi connectivity index (χ0) is 14.7. The highest BCUT2D eigenvalue weighted by Crippen LogP contribution is 2.06. The molecule has 112 valence electrons. The number of thioether (sulfide) groups is 1. The van der Waals surface area contributed by atoms with E-state index in [1.165, 1.54) is 12.8 Å². The van der Waals surface area contributed by atoms with Crippen LogP contribution in [0.3, 0.4) is 0 Å². The molecule has 0 spiro atoms. The molecule has 0 aromatic carbocycles. The number of hydrogen-bond acceptors (Lipinski definition) is 3. The molecule has 2 N–H and O–H groups in total. The van der Waals surface area contributed by atoms with Gasteiger partial charge >= 0.3 is 0 Å². The predicted molar refractivity (Wildman–Crippen MR) is 82.4 cm³/mol. The highest BCUT2D eigenvalue weighted by Gasteiger charge is 2.16. The summed E-state index contributed by atoms with van der Waals surface area (Å²) >= 11 is 1.79. The molecule has 0 aromatic rings. The van der Waals surface area contributed by atoms with Crippen LogP contribution in [-0.4, -0.2) is 35.4 Å². The lowest BCUT2D eigenvalue weighted by atomic mass is 10.2. The van der Waals surface area contributed by atoms with E-state index in [-0.39, 0.29) is 17.9 Å².